The van der Waals surface area contributed by atoms with Crippen molar-refractivity contribution in [3.05, 3.63) is 34.9 Å². The smallest absolute Gasteiger partial charge is 0.0406 e. The number of nitrogens with one attached hydrogen (secondary N) is 1. The molecule has 17 heavy (non-hydrogen) atoms. The summed E-state index contributed by atoms with van der Waals surface area (Å²) in [5.41, 5.74) is 1.41. The highest BCUT2D eigenvalue weighted by Crippen LogP contribution is 2.27. The number of rotatable bonds is 3. The molecular weight excluding hydrogens is 232 g/mol. The molecule has 2 nitrogen and oxygen atoms in total. The van der Waals surface area contributed by atoms with E-state index in [2.05, 4.69) is 36.3 Å². The predicted octanol–water partition coefficient (Wildman–Crippen LogP) is 2.74. The van der Waals surface area contributed by atoms with E-state index >= 15 is 0 Å². The summed E-state index contributed by atoms with van der Waals surface area (Å²) in [7, 11) is 2.20. The summed E-state index contributed by atoms with van der Waals surface area (Å²) < 4.78 is 0. The fourth-order valence-electron chi connectivity index (χ4n) is 2.73. The minimum absolute atomic E-state index is 0.611. The Hall–Kier alpha value is -0.570. The van der Waals surface area contributed by atoms with Crippen molar-refractivity contribution in [3.63, 3.8) is 0 Å². The van der Waals surface area contributed by atoms with E-state index in [4.69, 9.17) is 11.6 Å². The molecule has 94 valence electrons. The van der Waals surface area contributed by atoms with Crippen LogP contribution in [0.1, 0.15) is 24.8 Å². The van der Waals surface area contributed by atoms with E-state index in [1.54, 1.807) is 0 Å². The van der Waals surface area contributed by atoms with Gasteiger partial charge >= 0.3 is 0 Å². The third-order valence-electron chi connectivity index (χ3n) is 3.47. The van der Waals surface area contributed by atoms with Gasteiger partial charge in [0.25, 0.3) is 0 Å². The Balaban J connectivity index is 2.06. The van der Waals surface area contributed by atoms with Crippen LogP contribution in [-0.4, -0.2) is 37.6 Å². The molecule has 3 heteroatoms. The Labute approximate surface area is 109 Å². The van der Waals surface area contributed by atoms with Gasteiger partial charge in [0.15, 0.2) is 0 Å². The highest BCUT2D eigenvalue weighted by molar-refractivity contribution is 6.30. The summed E-state index contributed by atoms with van der Waals surface area (Å²) >= 11 is 5.93. The molecule has 1 aromatic carbocycles. The third kappa shape index (κ3) is 3.44. The zero-order chi connectivity index (χ0) is 12.3. The SMILES string of the molecule is CCNC1CC(c2ccc(Cl)cc2)CN(C)C1. The van der Waals surface area contributed by atoms with E-state index in [1.165, 1.54) is 12.0 Å². The fraction of sp³-hybridized carbons (Fsp3) is 0.571. The number of hydrogen-bond acceptors (Lipinski definition) is 2. The van der Waals surface area contributed by atoms with Crippen molar-refractivity contribution < 1.29 is 0 Å². The van der Waals surface area contributed by atoms with Gasteiger partial charge in [-0.1, -0.05) is 30.7 Å². The standard InChI is InChI=1S/C14H21ClN2/c1-3-16-14-8-12(9-17(2)10-14)11-4-6-13(15)7-5-11/h4-7,12,14,16H,3,8-10H2,1-2H3. The van der Waals surface area contributed by atoms with Gasteiger partial charge in [0.1, 0.15) is 0 Å². The van der Waals surface area contributed by atoms with Crippen molar-refractivity contribution in [1.82, 2.24) is 10.2 Å². The first-order valence-corrected chi connectivity index (χ1v) is 6.74. The number of halogens is 1. The second-order valence-corrected chi connectivity index (χ2v) is 5.40. The van der Waals surface area contributed by atoms with E-state index in [1.807, 2.05) is 12.1 Å². The van der Waals surface area contributed by atoms with E-state index in [-0.39, 0.29) is 0 Å². The van der Waals surface area contributed by atoms with Gasteiger partial charge in [-0.3, -0.25) is 0 Å². The average Bonchev–Trinajstić information content (AvgIpc) is 2.29. The van der Waals surface area contributed by atoms with Crippen LogP contribution in [0, 0.1) is 0 Å². The minimum atomic E-state index is 0.611. The lowest BCUT2D eigenvalue weighted by Gasteiger charge is -2.36. The van der Waals surface area contributed by atoms with Crippen LogP contribution in [0.25, 0.3) is 0 Å². The maximum Gasteiger partial charge on any atom is 0.0406 e. The van der Waals surface area contributed by atoms with Crippen LogP contribution in [-0.2, 0) is 0 Å². The molecule has 2 unspecified atom stereocenters. The number of likely N-dealkylation sites (N-methyl/N-ethyl adjacent to an activating group) is 2. The molecule has 0 aromatic heterocycles. The highest BCUT2D eigenvalue weighted by Gasteiger charge is 2.25. The van der Waals surface area contributed by atoms with Crippen molar-refractivity contribution in [2.24, 2.45) is 0 Å². The summed E-state index contributed by atoms with van der Waals surface area (Å²) in [5.74, 6) is 0.620. The van der Waals surface area contributed by atoms with Gasteiger partial charge in [-0.25, -0.2) is 0 Å². The second kappa shape index (κ2) is 5.85. The third-order valence-corrected chi connectivity index (χ3v) is 3.72. The summed E-state index contributed by atoms with van der Waals surface area (Å²) in [6, 6.07) is 8.92. The molecule has 0 spiro atoms. The lowest BCUT2D eigenvalue weighted by molar-refractivity contribution is 0.206. The van der Waals surface area contributed by atoms with E-state index in [0.717, 1.165) is 24.7 Å². The Bertz CT molecular complexity index is 350. The summed E-state index contributed by atoms with van der Waals surface area (Å²) in [4.78, 5) is 2.41. The highest BCUT2D eigenvalue weighted by atomic mass is 35.5. The molecule has 1 aliphatic rings. The van der Waals surface area contributed by atoms with Crippen molar-refractivity contribution in [1.29, 1.82) is 0 Å². The van der Waals surface area contributed by atoms with Crippen molar-refractivity contribution in [2.75, 3.05) is 26.7 Å². The molecule has 1 saturated heterocycles. The van der Waals surface area contributed by atoms with Crippen LogP contribution in [0.4, 0.5) is 0 Å². The van der Waals surface area contributed by atoms with Gasteiger partial charge in [-0.2, -0.15) is 0 Å². The molecule has 0 bridgehead atoms. The van der Waals surface area contributed by atoms with Gasteiger partial charge in [-0.15, -0.1) is 0 Å². The minimum Gasteiger partial charge on any atom is -0.313 e. The van der Waals surface area contributed by atoms with Gasteiger partial charge in [-0.05, 0) is 43.6 Å². The quantitative estimate of drug-likeness (QED) is 0.890. The topological polar surface area (TPSA) is 15.3 Å². The van der Waals surface area contributed by atoms with E-state index in [9.17, 15) is 0 Å². The van der Waals surface area contributed by atoms with Gasteiger partial charge in [0, 0.05) is 24.2 Å². The normalized spacial score (nSPS) is 26.1. The van der Waals surface area contributed by atoms with Gasteiger partial charge in [0.2, 0.25) is 0 Å². The molecule has 0 amide bonds. The zero-order valence-corrected chi connectivity index (χ0v) is 11.4. The van der Waals surface area contributed by atoms with Crippen molar-refractivity contribution in [3.8, 4) is 0 Å². The molecule has 2 atom stereocenters. The number of piperidine rings is 1. The zero-order valence-electron chi connectivity index (χ0n) is 10.6. The number of hydrogen-bond donors (Lipinski definition) is 1. The first-order valence-electron chi connectivity index (χ1n) is 6.36. The van der Waals surface area contributed by atoms with Crippen LogP contribution in [0.15, 0.2) is 24.3 Å². The molecule has 1 aromatic rings. The van der Waals surface area contributed by atoms with Crippen LogP contribution >= 0.6 is 11.6 Å². The lowest BCUT2D eigenvalue weighted by Crippen LogP contribution is -2.46. The van der Waals surface area contributed by atoms with Crippen molar-refractivity contribution >= 4 is 11.6 Å². The lowest BCUT2D eigenvalue weighted by atomic mass is 9.88. The monoisotopic (exact) mass is 252 g/mol. The van der Waals surface area contributed by atoms with Crippen LogP contribution in [0.3, 0.4) is 0 Å². The Morgan fingerprint density at radius 2 is 2.00 bits per heavy atom. The van der Waals surface area contributed by atoms with Crippen LogP contribution in [0.5, 0.6) is 0 Å². The summed E-state index contributed by atoms with van der Waals surface area (Å²) in [6.45, 7) is 5.51. The average molecular weight is 253 g/mol. The summed E-state index contributed by atoms with van der Waals surface area (Å²) in [6.07, 6.45) is 1.22. The molecule has 1 N–H and O–H groups in total. The maximum absolute atomic E-state index is 5.93. The largest absolute Gasteiger partial charge is 0.313 e. The second-order valence-electron chi connectivity index (χ2n) is 4.96. The molecule has 0 aliphatic carbocycles. The molecule has 0 radical (unpaired) electrons. The Morgan fingerprint density at radius 3 is 2.65 bits per heavy atom. The molecule has 0 saturated carbocycles. The number of nitrogens with zero attached hydrogens (tertiary/aromatic N) is 1. The molecule has 1 aliphatic heterocycles. The van der Waals surface area contributed by atoms with Crippen molar-refractivity contribution in [2.45, 2.75) is 25.3 Å². The maximum atomic E-state index is 5.93. The van der Waals surface area contributed by atoms with E-state index in [0.29, 0.717) is 12.0 Å². The first kappa shape index (κ1) is 12.9. The van der Waals surface area contributed by atoms with Gasteiger partial charge in [0.05, 0.1) is 0 Å². The van der Waals surface area contributed by atoms with E-state index < -0.39 is 0 Å². The summed E-state index contributed by atoms with van der Waals surface area (Å²) in [5, 5.41) is 4.38. The fourth-order valence-corrected chi connectivity index (χ4v) is 2.86. The van der Waals surface area contributed by atoms with Crippen LogP contribution in [0.2, 0.25) is 5.02 Å². The predicted molar refractivity (Wildman–Crippen MR) is 73.8 cm³/mol. The molecular formula is C14H21ClN2. The number of benzene rings is 1. The first-order chi connectivity index (χ1) is 8.19. The van der Waals surface area contributed by atoms with Crippen LogP contribution < -0.4 is 5.32 Å². The Morgan fingerprint density at radius 1 is 1.29 bits per heavy atom. The molecule has 1 fully saturated rings. The molecule has 1 heterocycles. The Kier molecular flexibility index (Phi) is 4.43. The van der Waals surface area contributed by atoms with Gasteiger partial charge < -0.3 is 10.2 Å². The number of likely N-dealkylation sites (tertiary alicyclic amines) is 1. The molecule has 2 rings (SSSR count).